The van der Waals surface area contributed by atoms with Gasteiger partial charge in [0, 0.05) is 0 Å². The van der Waals surface area contributed by atoms with Crippen molar-refractivity contribution in [1.82, 2.24) is 5.32 Å². The maximum Gasteiger partial charge on any atom is 0.397 e. The summed E-state index contributed by atoms with van der Waals surface area (Å²) >= 11 is 0. The van der Waals surface area contributed by atoms with E-state index in [1.54, 1.807) is 13.8 Å². The van der Waals surface area contributed by atoms with Crippen LogP contribution in [0.1, 0.15) is 26.7 Å². The minimum Gasteiger partial charge on any atom is -0.480 e. The van der Waals surface area contributed by atoms with Crippen molar-refractivity contribution in [2.75, 3.05) is 0 Å². The molecule has 1 amide bonds. The Labute approximate surface area is 90.8 Å². The fraction of sp³-hybridized carbons (Fsp3) is 0.778. The Morgan fingerprint density at radius 2 is 1.88 bits per heavy atom. The standard InChI is InChI=1S/C9H14F3NO3/c1-3-5(2)7(8(15)16)13-6(14)4-9(10,11)12/h5,7H,3-4H2,1-2H3,(H,13,14)(H,15,16)/t5?,7-/m0/s1. The molecule has 0 radical (unpaired) electrons. The summed E-state index contributed by atoms with van der Waals surface area (Å²) in [5.41, 5.74) is 0. The van der Waals surface area contributed by atoms with E-state index in [0.29, 0.717) is 6.42 Å². The van der Waals surface area contributed by atoms with Crippen LogP contribution in [0.25, 0.3) is 0 Å². The van der Waals surface area contributed by atoms with Gasteiger partial charge in [-0.15, -0.1) is 0 Å². The summed E-state index contributed by atoms with van der Waals surface area (Å²) in [6.45, 7) is 3.24. The number of carboxylic acids is 1. The van der Waals surface area contributed by atoms with E-state index in [2.05, 4.69) is 0 Å². The summed E-state index contributed by atoms with van der Waals surface area (Å²) in [6.07, 6.45) is -5.83. The highest BCUT2D eigenvalue weighted by atomic mass is 19.4. The number of nitrogens with one attached hydrogen (secondary N) is 1. The van der Waals surface area contributed by atoms with Crippen molar-refractivity contribution in [2.45, 2.75) is 38.9 Å². The highest BCUT2D eigenvalue weighted by molar-refractivity contribution is 5.84. The van der Waals surface area contributed by atoms with Gasteiger partial charge in [0.2, 0.25) is 5.91 Å². The molecule has 2 atom stereocenters. The number of alkyl halides is 3. The maximum absolute atomic E-state index is 11.8. The van der Waals surface area contributed by atoms with E-state index in [0.717, 1.165) is 0 Å². The molecular weight excluding hydrogens is 227 g/mol. The van der Waals surface area contributed by atoms with Crippen molar-refractivity contribution >= 4 is 11.9 Å². The van der Waals surface area contributed by atoms with E-state index in [9.17, 15) is 22.8 Å². The Hall–Kier alpha value is -1.27. The van der Waals surface area contributed by atoms with E-state index in [-0.39, 0.29) is 0 Å². The van der Waals surface area contributed by atoms with Crippen molar-refractivity contribution in [3.8, 4) is 0 Å². The van der Waals surface area contributed by atoms with E-state index in [1.807, 2.05) is 5.32 Å². The second-order valence-electron chi connectivity index (χ2n) is 3.56. The van der Waals surface area contributed by atoms with Crippen LogP contribution in [0, 0.1) is 5.92 Å². The molecule has 0 aliphatic rings. The number of carboxylic acid groups (broad SMARTS) is 1. The monoisotopic (exact) mass is 241 g/mol. The lowest BCUT2D eigenvalue weighted by Gasteiger charge is -2.20. The second-order valence-corrected chi connectivity index (χ2v) is 3.56. The van der Waals surface area contributed by atoms with E-state index in [4.69, 9.17) is 5.11 Å². The number of carbonyl (C=O) groups is 2. The van der Waals surface area contributed by atoms with Gasteiger partial charge in [0.15, 0.2) is 0 Å². The summed E-state index contributed by atoms with van der Waals surface area (Å²) in [7, 11) is 0. The zero-order valence-corrected chi connectivity index (χ0v) is 8.97. The first-order valence-corrected chi connectivity index (χ1v) is 4.76. The first kappa shape index (κ1) is 14.7. The van der Waals surface area contributed by atoms with Gasteiger partial charge < -0.3 is 10.4 Å². The summed E-state index contributed by atoms with van der Waals surface area (Å²) in [4.78, 5) is 21.6. The average Bonchev–Trinajstić information content (AvgIpc) is 2.09. The van der Waals surface area contributed by atoms with Crippen molar-refractivity contribution in [3.05, 3.63) is 0 Å². The van der Waals surface area contributed by atoms with E-state index in [1.165, 1.54) is 0 Å². The van der Waals surface area contributed by atoms with Gasteiger partial charge in [-0.25, -0.2) is 4.79 Å². The molecule has 0 bridgehead atoms. The van der Waals surface area contributed by atoms with Crippen molar-refractivity contribution < 1.29 is 27.9 Å². The maximum atomic E-state index is 11.8. The molecule has 0 aromatic carbocycles. The van der Waals surface area contributed by atoms with Crippen LogP contribution in [0.15, 0.2) is 0 Å². The van der Waals surface area contributed by atoms with Gasteiger partial charge >= 0.3 is 12.1 Å². The minimum absolute atomic E-state index is 0.422. The lowest BCUT2D eigenvalue weighted by molar-refractivity contribution is -0.157. The molecule has 0 fully saturated rings. The lowest BCUT2D eigenvalue weighted by Crippen LogP contribution is -2.46. The number of aliphatic carboxylic acids is 1. The molecule has 16 heavy (non-hydrogen) atoms. The molecule has 4 nitrogen and oxygen atoms in total. The van der Waals surface area contributed by atoms with Crippen LogP contribution in [-0.2, 0) is 9.59 Å². The van der Waals surface area contributed by atoms with Gasteiger partial charge in [-0.05, 0) is 5.92 Å². The van der Waals surface area contributed by atoms with Gasteiger partial charge in [0.25, 0.3) is 0 Å². The molecule has 0 saturated carbocycles. The Balaban J connectivity index is 4.42. The number of amides is 1. The third kappa shape index (κ3) is 5.57. The molecule has 0 spiro atoms. The minimum atomic E-state index is -4.62. The number of halogens is 3. The number of rotatable bonds is 5. The van der Waals surface area contributed by atoms with Crippen molar-refractivity contribution in [3.63, 3.8) is 0 Å². The summed E-state index contributed by atoms with van der Waals surface area (Å²) < 4.78 is 35.5. The Morgan fingerprint density at radius 3 is 2.19 bits per heavy atom. The quantitative estimate of drug-likeness (QED) is 0.767. The molecule has 7 heteroatoms. The van der Waals surface area contributed by atoms with Gasteiger partial charge in [-0.2, -0.15) is 13.2 Å². The first-order valence-electron chi connectivity index (χ1n) is 4.76. The molecule has 0 aromatic heterocycles. The van der Waals surface area contributed by atoms with Crippen LogP contribution in [-0.4, -0.2) is 29.2 Å². The second kappa shape index (κ2) is 5.72. The number of hydrogen-bond acceptors (Lipinski definition) is 2. The SMILES string of the molecule is CCC(C)[C@H](NC(=O)CC(F)(F)F)C(=O)O. The zero-order chi connectivity index (χ0) is 12.9. The van der Waals surface area contributed by atoms with E-state index < -0.39 is 36.4 Å². The largest absolute Gasteiger partial charge is 0.480 e. The number of hydrogen-bond donors (Lipinski definition) is 2. The van der Waals surface area contributed by atoms with Gasteiger partial charge in [-0.1, -0.05) is 20.3 Å². The third-order valence-electron chi connectivity index (χ3n) is 2.16. The molecule has 1 unspecified atom stereocenters. The van der Waals surface area contributed by atoms with Crippen LogP contribution in [0.2, 0.25) is 0 Å². The fourth-order valence-electron chi connectivity index (χ4n) is 1.09. The highest BCUT2D eigenvalue weighted by Gasteiger charge is 2.34. The Morgan fingerprint density at radius 1 is 1.38 bits per heavy atom. The van der Waals surface area contributed by atoms with Crippen molar-refractivity contribution in [2.24, 2.45) is 5.92 Å². The molecule has 0 aliphatic carbocycles. The number of carbonyl (C=O) groups excluding carboxylic acids is 1. The molecule has 0 heterocycles. The van der Waals surface area contributed by atoms with Crippen LogP contribution < -0.4 is 5.32 Å². The highest BCUT2D eigenvalue weighted by Crippen LogP contribution is 2.19. The molecule has 94 valence electrons. The molecular formula is C9H14F3NO3. The summed E-state index contributed by atoms with van der Waals surface area (Å²) in [6, 6.07) is -1.28. The smallest absolute Gasteiger partial charge is 0.397 e. The third-order valence-corrected chi connectivity index (χ3v) is 2.16. The molecule has 2 N–H and O–H groups in total. The van der Waals surface area contributed by atoms with Gasteiger partial charge in [0.1, 0.15) is 12.5 Å². The zero-order valence-electron chi connectivity index (χ0n) is 8.97. The fourth-order valence-corrected chi connectivity index (χ4v) is 1.09. The molecule has 0 rings (SSSR count). The average molecular weight is 241 g/mol. The van der Waals surface area contributed by atoms with Crippen LogP contribution in [0.4, 0.5) is 13.2 Å². The van der Waals surface area contributed by atoms with Crippen molar-refractivity contribution in [1.29, 1.82) is 0 Å². The van der Waals surface area contributed by atoms with Gasteiger partial charge in [-0.3, -0.25) is 4.79 Å². The Kier molecular flexibility index (Phi) is 5.26. The molecule has 0 aliphatic heterocycles. The Bertz CT molecular complexity index is 265. The predicted octanol–water partition coefficient (Wildman–Crippen LogP) is 1.55. The first-order chi connectivity index (χ1) is 7.17. The van der Waals surface area contributed by atoms with Crippen LogP contribution >= 0.6 is 0 Å². The van der Waals surface area contributed by atoms with E-state index >= 15 is 0 Å². The lowest BCUT2D eigenvalue weighted by atomic mass is 9.99. The molecule has 0 aromatic rings. The normalized spacial score (nSPS) is 15.3. The van der Waals surface area contributed by atoms with Gasteiger partial charge in [0.05, 0.1) is 0 Å². The molecule has 0 saturated heterocycles. The topological polar surface area (TPSA) is 66.4 Å². The predicted molar refractivity (Wildman–Crippen MR) is 49.7 cm³/mol. The van der Waals surface area contributed by atoms with Crippen LogP contribution in [0.5, 0.6) is 0 Å². The van der Waals surface area contributed by atoms with Crippen LogP contribution in [0.3, 0.4) is 0 Å². The summed E-state index contributed by atoms with van der Waals surface area (Å²) in [5, 5.41) is 10.6. The summed E-state index contributed by atoms with van der Waals surface area (Å²) in [5.74, 6) is -3.07.